The zero-order chi connectivity index (χ0) is 14.7. The second-order valence-electron chi connectivity index (χ2n) is 4.68. The lowest BCUT2D eigenvalue weighted by Gasteiger charge is -2.19. The minimum Gasteiger partial charge on any atom is -0.306 e. The van der Waals surface area contributed by atoms with Gasteiger partial charge < -0.3 is 5.32 Å². The van der Waals surface area contributed by atoms with Crippen molar-refractivity contribution in [3.8, 4) is 0 Å². The molecule has 0 saturated heterocycles. The van der Waals surface area contributed by atoms with Crippen LogP contribution in [-0.2, 0) is 0 Å². The van der Waals surface area contributed by atoms with Crippen LogP contribution in [0.1, 0.15) is 35.4 Å². The fraction of sp³-hybridized carbons (Fsp3) is 0.333. The van der Waals surface area contributed by atoms with Crippen LogP contribution in [0.5, 0.6) is 0 Å². The maximum absolute atomic E-state index is 6.19. The molecule has 0 radical (unpaired) electrons. The van der Waals surface area contributed by atoms with Crippen LogP contribution in [0.3, 0.4) is 0 Å². The molecule has 0 amide bonds. The van der Waals surface area contributed by atoms with Crippen LogP contribution >= 0.6 is 54.8 Å². The molecule has 0 aliphatic heterocycles. The maximum atomic E-state index is 6.19. The van der Waals surface area contributed by atoms with Crippen LogP contribution < -0.4 is 5.32 Å². The Labute approximate surface area is 146 Å². The van der Waals surface area contributed by atoms with E-state index >= 15 is 0 Å². The molecule has 20 heavy (non-hydrogen) atoms. The zero-order valence-electron chi connectivity index (χ0n) is 11.3. The molecule has 1 aromatic heterocycles. The largest absolute Gasteiger partial charge is 0.306 e. The molecule has 2 aromatic rings. The number of hydrogen-bond donors (Lipinski definition) is 1. The molecule has 0 aliphatic rings. The van der Waals surface area contributed by atoms with Crippen molar-refractivity contribution in [1.82, 2.24) is 5.32 Å². The lowest BCUT2D eigenvalue weighted by Crippen LogP contribution is -2.22. The average Bonchev–Trinajstić information content (AvgIpc) is 2.74. The van der Waals surface area contributed by atoms with Crippen molar-refractivity contribution < 1.29 is 0 Å². The molecule has 1 nitrogen and oxygen atoms in total. The molecular weight excluding hydrogens is 422 g/mol. The molecule has 1 heterocycles. The highest BCUT2D eigenvalue weighted by Gasteiger charge is 2.19. The average molecular weight is 438 g/mol. The maximum Gasteiger partial charge on any atom is 0.0888 e. The Bertz CT molecular complexity index is 578. The minimum absolute atomic E-state index is 0.165. The smallest absolute Gasteiger partial charge is 0.0888 e. The topological polar surface area (TPSA) is 12.0 Å². The highest BCUT2D eigenvalue weighted by molar-refractivity contribution is 9.11. The quantitative estimate of drug-likeness (QED) is 0.577. The summed E-state index contributed by atoms with van der Waals surface area (Å²) in [6, 6.07) is 8.65. The van der Waals surface area contributed by atoms with Crippen LogP contribution in [0.25, 0.3) is 0 Å². The Morgan fingerprint density at radius 3 is 2.65 bits per heavy atom. The number of hydrogen-bond acceptors (Lipinski definition) is 2. The van der Waals surface area contributed by atoms with Crippen LogP contribution in [0, 0.1) is 6.92 Å². The van der Waals surface area contributed by atoms with Gasteiger partial charge >= 0.3 is 0 Å². The number of rotatable bonds is 5. The van der Waals surface area contributed by atoms with Gasteiger partial charge in [0.15, 0.2) is 0 Å². The van der Waals surface area contributed by atoms with E-state index < -0.39 is 0 Å². The lowest BCUT2D eigenvalue weighted by molar-refractivity contribution is 0.604. The van der Waals surface area contributed by atoms with Crippen LogP contribution in [0.4, 0.5) is 0 Å². The van der Waals surface area contributed by atoms with E-state index in [1.807, 2.05) is 6.07 Å². The SMILES string of the molecule is CCCNC(c1cc(Cl)c(Br)s1)c1cc(C)ccc1Br. The van der Waals surface area contributed by atoms with Gasteiger partial charge in [-0.2, -0.15) is 0 Å². The van der Waals surface area contributed by atoms with Crippen molar-refractivity contribution in [2.24, 2.45) is 0 Å². The molecule has 0 saturated carbocycles. The Hall–Kier alpha value is 0.130. The molecule has 1 atom stereocenters. The predicted molar refractivity (Wildman–Crippen MR) is 96.0 cm³/mol. The first-order valence-corrected chi connectivity index (χ1v) is 9.25. The van der Waals surface area contributed by atoms with Gasteiger partial charge in [-0.3, -0.25) is 0 Å². The monoisotopic (exact) mass is 435 g/mol. The van der Waals surface area contributed by atoms with Gasteiger partial charge in [-0.25, -0.2) is 0 Å². The van der Waals surface area contributed by atoms with E-state index in [1.54, 1.807) is 11.3 Å². The highest BCUT2D eigenvalue weighted by atomic mass is 79.9. The third-order valence-corrected chi connectivity index (χ3v) is 6.27. The van der Waals surface area contributed by atoms with Crippen molar-refractivity contribution in [2.45, 2.75) is 26.3 Å². The number of benzene rings is 1. The first kappa shape index (κ1) is 16.5. The van der Waals surface area contributed by atoms with Crippen molar-refractivity contribution in [3.05, 3.63) is 53.6 Å². The van der Waals surface area contributed by atoms with Gasteiger partial charge in [0.2, 0.25) is 0 Å². The Kier molecular flexibility index (Phi) is 6.11. The fourth-order valence-electron chi connectivity index (χ4n) is 2.04. The summed E-state index contributed by atoms with van der Waals surface area (Å²) >= 11 is 15.0. The van der Waals surface area contributed by atoms with Gasteiger partial charge in [0.25, 0.3) is 0 Å². The summed E-state index contributed by atoms with van der Waals surface area (Å²) in [5.41, 5.74) is 2.51. The number of aryl methyl sites for hydroxylation is 1. The summed E-state index contributed by atoms with van der Waals surface area (Å²) in [7, 11) is 0. The summed E-state index contributed by atoms with van der Waals surface area (Å²) < 4.78 is 2.11. The van der Waals surface area contributed by atoms with Gasteiger partial charge in [0, 0.05) is 9.35 Å². The molecule has 108 valence electrons. The third-order valence-electron chi connectivity index (χ3n) is 3.01. The Morgan fingerprint density at radius 2 is 2.05 bits per heavy atom. The predicted octanol–water partition coefficient (Wildman–Crippen LogP) is 6.32. The first-order chi connectivity index (χ1) is 9.52. The summed E-state index contributed by atoms with van der Waals surface area (Å²) in [4.78, 5) is 1.22. The number of thiophene rings is 1. The first-order valence-electron chi connectivity index (χ1n) is 6.47. The van der Waals surface area contributed by atoms with E-state index in [4.69, 9.17) is 11.6 Å². The van der Waals surface area contributed by atoms with Gasteiger partial charge in [0.1, 0.15) is 0 Å². The second kappa shape index (κ2) is 7.41. The van der Waals surface area contributed by atoms with Gasteiger partial charge in [-0.15, -0.1) is 11.3 Å². The zero-order valence-corrected chi connectivity index (χ0v) is 16.1. The summed E-state index contributed by atoms with van der Waals surface area (Å²) in [6.07, 6.45) is 1.10. The molecular formula is C15H16Br2ClNS. The summed E-state index contributed by atoms with van der Waals surface area (Å²) in [5, 5.41) is 4.39. The molecule has 1 unspecified atom stereocenters. The van der Waals surface area contributed by atoms with Crippen LogP contribution in [0.15, 0.2) is 32.5 Å². The third kappa shape index (κ3) is 3.86. The highest BCUT2D eigenvalue weighted by Crippen LogP contribution is 2.39. The van der Waals surface area contributed by atoms with Crippen LogP contribution in [-0.4, -0.2) is 6.54 Å². The molecule has 1 N–H and O–H groups in total. The molecule has 0 aliphatic carbocycles. The second-order valence-corrected chi connectivity index (χ2v) is 8.35. The molecule has 0 spiro atoms. The lowest BCUT2D eigenvalue weighted by atomic mass is 10.0. The molecule has 0 fully saturated rings. The van der Waals surface area contributed by atoms with Gasteiger partial charge in [-0.1, -0.05) is 52.2 Å². The number of nitrogens with one attached hydrogen (secondary N) is 1. The van der Waals surface area contributed by atoms with Crippen molar-refractivity contribution >= 4 is 54.8 Å². The molecule has 2 rings (SSSR count). The van der Waals surface area contributed by atoms with Crippen molar-refractivity contribution in [1.29, 1.82) is 0 Å². The van der Waals surface area contributed by atoms with E-state index in [0.29, 0.717) is 0 Å². The van der Waals surface area contributed by atoms with Crippen molar-refractivity contribution in [3.63, 3.8) is 0 Å². The van der Waals surface area contributed by atoms with E-state index in [0.717, 1.165) is 26.2 Å². The normalized spacial score (nSPS) is 12.7. The van der Waals surface area contributed by atoms with E-state index in [9.17, 15) is 0 Å². The van der Waals surface area contributed by atoms with Gasteiger partial charge in [0.05, 0.1) is 14.9 Å². The fourth-order valence-corrected chi connectivity index (χ4v) is 4.36. The van der Waals surface area contributed by atoms with E-state index in [1.165, 1.54) is 16.0 Å². The summed E-state index contributed by atoms with van der Waals surface area (Å²) in [6.45, 7) is 5.26. The Balaban J connectivity index is 2.43. The molecule has 1 aromatic carbocycles. The van der Waals surface area contributed by atoms with E-state index in [2.05, 4.69) is 69.2 Å². The number of halogens is 3. The summed E-state index contributed by atoms with van der Waals surface area (Å²) in [5.74, 6) is 0. The van der Waals surface area contributed by atoms with Crippen LogP contribution in [0.2, 0.25) is 5.02 Å². The van der Waals surface area contributed by atoms with E-state index in [-0.39, 0.29) is 6.04 Å². The van der Waals surface area contributed by atoms with Crippen molar-refractivity contribution in [2.75, 3.05) is 6.54 Å². The standard InChI is InChI=1S/C15H16Br2ClNS/c1-3-6-19-14(13-8-12(18)15(17)20-13)10-7-9(2)4-5-11(10)16/h4-5,7-8,14,19H,3,6H2,1-2H3. The van der Waals surface area contributed by atoms with Gasteiger partial charge in [-0.05, 0) is 53.5 Å². The molecule has 0 bridgehead atoms. The molecule has 5 heteroatoms. The Morgan fingerprint density at radius 1 is 1.30 bits per heavy atom. The minimum atomic E-state index is 0.165.